The molecule has 1 aliphatic heterocycles. The van der Waals surface area contributed by atoms with Crippen LogP contribution in [-0.4, -0.2) is 52.1 Å². The number of hydrogen-bond donors (Lipinski definition) is 0. The number of nitrogens with zero attached hydrogens (tertiary/aromatic N) is 5. The van der Waals surface area contributed by atoms with Crippen molar-refractivity contribution in [1.29, 1.82) is 0 Å². The third-order valence-electron chi connectivity index (χ3n) is 5.04. The number of oxazole rings is 1. The second-order valence-electron chi connectivity index (χ2n) is 6.92. The number of rotatable bonds is 6. The Morgan fingerprint density at radius 3 is 2.60 bits per heavy atom. The van der Waals surface area contributed by atoms with E-state index < -0.39 is 0 Å². The first-order valence-corrected chi connectivity index (χ1v) is 9.00. The fraction of sp³-hybridized carbons (Fsp3) is 0.611. The lowest BCUT2D eigenvalue weighted by molar-refractivity contribution is 0.198. The zero-order valence-corrected chi connectivity index (χ0v) is 14.9. The van der Waals surface area contributed by atoms with E-state index in [1.165, 1.54) is 12.8 Å². The maximum absolute atomic E-state index is 5.31. The van der Waals surface area contributed by atoms with Gasteiger partial charge in [0.25, 0.3) is 0 Å². The molecule has 2 aromatic heterocycles. The number of ether oxygens (including phenoxy) is 1. The van der Waals surface area contributed by atoms with Gasteiger partial charge in [0, 0.05) is 44.7 Å². The minimum atomic E-state index is 0.530. The highest BCUT2D eigenvalue weighted by atomic mass is 16.5. The molecule has 4 rings (SSSR count). The first-order chi connectivity index (χ1) is 12.2. The van der Waals surface area contributed by atoms with Crippen LogP contribution in [0.25, 0.3) is 0 Å². The number of aromatic nitrogens is 3. The van der Waals surface area contributed by atoms with Gasteiger partial charge in [-0.25, -0.2) is 15.0 Å². The second kappa shape index (κ2) is 7.00. The van der Waals surface area contributed by atoms with Crippen LogP contribution >= 0.6 is 0 Å². The first-order valence-electron chi connectivity index (χ1n) is 9.00. The van der Waals surface area contributed by atoms with Gasteiger partial charge in [-0.1, -0.05) is 0 Å². The Morgan fingerprint density at radius 2 is 1.96 bits per heavy atom. The Morgan fingerprint density at radius 1 is 1.20 bits per heavy atom. The summed E-state index contributed by atoms with van der Waals surface area (Å²) in [5, 5.41) is 0. The lowest BCUT2D eigenvalue weighted by Gasteiger charge is -2.39. The van der Waals surface area contributed by atoms with Gasteiger partial charge in [-0.05, 0) is 25.7 Å². The van der Waals surface area contributed by atoms with E-state index in [0.29, 0.717) is 18.0 Å². The summed E-state index contributed by atoms with van der Waals surface area (Å²) >= 11 is 0. The van der Waals surface area contributed by atoms with Crippen molar-refractivity contribution in [3.8, 4) is 5.88 Å². The Balaban J connectivity index is 1.40. The van der Waals surface area contributed by atoms with E-state index in [2.05, 4.69) is 24.8 Å². The molecular formula is C18H25N5O2. The topological polar surface area (TPSA) is 67.5 Å². The molecule has 7 nitrogen and oxygen atoms in total. The van der Waals surface area contributed by atoms with Crippen molar-refractivity contribution >= 4 is 5.82 Å². The van der Waals surface area contributed by atoms with Gasteiger partial charge in [0.15, 0.2) is 5.89 Å². The highest BCUT2D eigenvalue weighted by Gasteiger charge is 2.36. The summed E-state index contributed by atoms with van der Waals surface area (Å²) in [5.41, 5.74) is 1.02. The van der Waals surface area contributed by atoms with E-state index in [1.54, 1.807) is 19.7 Å². The molecule has 25 heavy (non-hydrogen) atoms. The van der Waals surface area contributed by atoms with Gasteiger partial charge >= 0.3 is 0 Å². The molecule has 7 heteroatoms. The maximum atomic E-state index is 5.31. The van der Waals surface area contributed by atoms with Gasteiger partial charge in [0.05, 0.1) is 12.8 Å². The van der Waals surface area contributed by atoms with Gasteiger partial charge in [-0.15, -0.1) is 0 Å². The van der Waals surface area contributed by atoms with E-state index >= 15 is 0 Å². The molecule has 0 amide bonds. The predicted octanol–water partition coefficient (Wildman–Crippen LogP) is 2.42. The van der Waals surface area contributed by atoms with Crippen LogP contribution in [0.2, 0.25) is 0 Å². The number of hydrogen-bond acceptors (Lipinski definition) is 7. The largest absolute Gasteiger partial charge is 0.481 e. The van der Waals surface area contributed by atoms with Crippen LogP contribution < -0.4 is 9.64 Å². The molecule has 1 aliphatic carbocycles. The molecule has 0 N–H and O–H groups in total. The molecule has 0 unspecified atom stereocenters. The first kappa shape index (κ1) is 16.3. The molecule has 2 aromatic rings. The molecule has 2 fully saturated rings. The number of anilines is 1. The van der Waals surface area contributed by atoms with E-state index in [-0.39, 0.29) is 0 Å². The van der Waals surface area contributed by atoms with Gasteiger partial charge in [-0.3, -0.25) is 4.90 Å². The fourth-order valence-corrected chi connectivity index (χ4v) is 3.67. The van der Waals surface area contributed by atoms with Crippen LogP contribution in [0.3, 0.4) is 0 Å². The van der Waals surface area contributed by atoms with Crippen LogP contribution in [0.15, 0.2) is 23.1 Å². The van der Waals surface area contributed by atoms with Crippen molar-refractivity contribution in [1.82, 2.24) is 19.9 Å². The zero-order chi connectivity index (χ0) is 17.2. The molecule has 1 saturated carbocycles. The summed E-state index contributed by atoms with van der Waals surface area (Å²) in [6.07, 6.45) is 8.16. The molecule has 3 heterocycles. The summed E-state index contributed by atoms with van der Waals surface area (Å²) in [6, 6.07) is 3.11. The Kier molecular flexibility index (Phi) is 4.57. The highest BCUT2D eigenvalue weighted by molar-refractivity contribution is 5.45. The quantitative estimate of drug-likeness (QED) is 0.798. The van der Waals surface area contributed by atoms with Crippen LogP contribution in [0.5, 0.6) is 5.88 Å². The summed E-state index contributed by atoms with van der Waals surface area (Å²) < 4.78 is 10.6. The second-order valence-corrected chi connectivity index (χ2v) is 6.92. The maximum Gasteiger partial charge on any atom is 0.218 e. The summed E-state index contributed by atoms with van der Waals surface area (Å²) in [6.45, 7) is 4.90. The highest BCUT2D eigenvalue weighted by Crippen LogP contribution is 2.36. The third-order valence-corrected chi connectivity index (χ3v) is 5.04. The normalized spacial score (nSPS) is 19.1. The molecule has 2 aliphatic rings. The number of likely N-dealkylation sites (tertiary alicyclic amines) is 1. The molecule has 0 spiro atoms. The SMILES string of the molecule is COc1cc(N(C2CC2)C2CCN(Cc3coc(C)n3)CC2)ncn1. The monoisotopic (exact) mass is 343 g/mol. The third kappa shape index (κ3) is 3.76. The van der Waals surface area contributed by atoms with Crippen LogP contribution in [-0.2, 0) is 6.54 Å². The van der Waals surface area contributed by atoms with Crippen molar-refractivity contribution in [2.24, 2.45) is 0 Å². The van der Waals surface area contributed by atoms with Gasteiger partial charge in [0.1, 0.15) is 18.4 Å². The van der Waals surface area contributed by atoms with Crippen molar-refractivity contribution in [2.45, 2.75) is 51.2 Å². The smallest absolute Gasteiger partial charge is 0.218 e. The molecule has 134 valence electrons. The van der Waals surface area contributed by atoms with Crippen molar-refractivity contribution in [3.63, 3.8) is 0 Å². The van der Waals surface area contributed by atoms with Crippen molar-refractivity contribution < 1.29 is 9.15 Å². The number of aryl methyl sites for hydroxylation is 1. The van der Waals surface area contributed by atoms with Crippen LogP contribution in [0.1, 0.15) is 37.3 Å². The molecule has 1 saturated heterocycles. The summed E-state index contributed by atoms with van der Waals surface area (Å²) in [5.74, 6) is 2.37. The summed E-state index contributed by atoms with van der Waals surface area (Å²) in [7, 11) is 1.65. The Labute approximate surface area is 148 Å². The van der Waals surface area contributed by atoms with Gasteiger partial charge in [-0.2, -0.15) is 0 Å². The van der Waals surface area contributed by atoms with Crippen LogP contribution in [0.4, 0.5) is 5.82 Å². The number of piperidine rings is 1. The Bertz CT molecular complexity index is 707. The average molecular weight is 343 g/mol. The van der Waals surface area contributed by atoms with Gasteiger partial charge in [0.2, 0.25) is 5.88 Å². The lowest BCUT2D eigenvalue weighted by Crippen LogP contribution is -2.46. The van der Waals surface area contributed by atoms with Crippen LogP contribution in [0, 0.1) is 6.92 Å². The van der Waals surface area contributed by atoms with Crippen molar-refractivity contribution in [2.75, 3.05) is 25.1 Å². The standard InChI is InChI=1S/C18H25N5O2/c1-13-21-14(11-25-13)10-22-7-5-16(6-8-22)23(15-3-4-15)17-9-18(24-2)20-12-19-17/h9,11-12,15-16H,3-8,10H2,1-2H3. The molecule has 0 radical (unpaired) electrons. The van der Waals surface area contributed by atoms with E-state index in [0.717, 1.165) is 49.9 Å². The predicted molar refractivity (Wildman–Crippen MR) is 93.6 cm³/mol. The lowest BCUT2D eigenvalue weighted by atomic mass is 10.0. The van der Waals surface area contributed by atoms with Crippen molar-refractivity contribution in [3.05, 3.63) is 30.2 Å². The average Bonchev–Trinajstić information content (AvgIpc) is 3.38. The molecule has 0 bridgehead atoms. The van der Waals surface area contributed by atoms with E-state index in [1.807, 2.05) is 13.0 Å². The fourth-order valence-electron chi connectivity index (χ4n) is 3.67. The molecule has 0 aromatic carbocycles. The summed E-state index contributed by atoms with van der Waals surface area (Å²) in [4.78, 5) is 18.0. The minimum Gasteiger partial charge on any atom is -0.481 e. The van der Waals surface area contributed by atoms with Gasteiger partial charge < -0.3 is 14.1 Å². The van der Waals surface area contributed by atoms with E-state index in [4.69, 9.17) is 9.15 Å². The van der Waals surface area contributed by atoms with E-state index in [9.17, 15) is 0 Å². The zero-order valence-electron chi connectivity index (χ0n) is 14.9. The molecular weight excluding hydrogens is 318 g/mol. The minimum absolute atomic E-state index is 0.530. The Hall–Kier alpha value is -2.15. The molecule has 0 atom stereocenters. The number of methoxy groups -OCH3 is 1.